The van der Waals surface area contributed by atoms with Crippen molar-refractivity contribution in [3.8, 4) is 5.75 Å². The minimum Gasteiger partial charge on any atom is -0.491 e. The van der Waals surface area contributed by atoms with Crippen molar-refractivity contribution in [3.05, 3.63) is 30.3 Å². The molecular formula is C13H21NO2. The van der Waals surface area contributed by atoms with Gasteiger partial charge < -0.3 is 15.2 Å². The second-order valence-electron chi connectivity index (χ2n) is 4.00. The lowest BCUT2D eigenvalue weighted by molar-refractivity contribution is 0.104. The highest BCUT2D eigenvalue weighted by Crippen LogP contribution is 2.08. The van der Waals surface area contributed by atoms with Gasteiger partial charge >= 0.3 is 0 Å². The topological polar surface area (TPSA) is 41.5 Å². The first-order valence-corrected chi connectivity index (χ1v) is 5.81. The molecule has 1 aromatic carbocycles. The number of nitrogens with one attached hydrogen (secondary N) is 1. The molecule has 0 spiro atoms. The van der Waals surface area contributed by atoms with Gasteiger partial charge in [0.2, 0.25) is 0 Å². The summed E-state index contributed by atoms with van der Waals surface area (Å²) in [6.07, 6.45) is 0.598. The molecule has 2 atom stereocenters. The molecule has 2 N–H and O–H groups in total. The molecule has 0 aliphatic carbocycles. The number of para-hydroxylation sites is 1. The second-order valence-corrected chi connectivity index (χ2v) is 4.00. The number of rotatable bonds is 7. The van der Waals surface area contributed by atoms with E-state index in [4.69, 9.17) is 4.74 Å². The fourth-order valence-corrected chi connectivity index (χ4v) is 1.25. The van der Waals surface area contributed by atoms with Crippen molar-refractivity contribution in [3.63, 3.8) is 0 Å². The minimum atomic E-state index is -0.464. The zero-order valence-corrected chi connectivity index (χ0v) is 10.0. The largest absolute Gasteiger partial charge is 0.491 e. The van der Waals surface area contributed by atoms with Gasteiger partial charge in [0, 0.05) is 12.6 Å². The van der Waals surface area contributed by atoms with Crippen LogP contribution in [0.5, 0.6) is 5.75 Å². The summed E-state index contributed by atoms with van der Waals surface area (Å²) < 4.78 is 5.44. The molecule has 0 heterocycles. The average Bonchev–Trinajstić information content (AvgIpc) is 2.34. The number of benzene rings is 1. The van der Waals surface area contributed by atoms with E-state index in [0.717, 1.165) is 12.2 Å². The number of ether oxygens (including phenoxy) is 1. The molecule has 90 valence electrons. The Bertz CT molecular complexity index is 277. The first-order valence-electron chi connectivity index (χ1n) is 5.81. The first-order chi connectivity index (χ1) is 7.72. The molecule has 1 rings (SSSR count). The molecule has 0 aliphatic rings. The zero-order chi connectivity index (χ0) is 11.8. The summed E-state index contributed by atoms with van der Waals surface area (Å²) in [4.78, 5) is 0. The van der Waals surface area contributed by atoms with E-state index in [1.54, 1.807) is 0 Å². The molecule has 3 nitrogen and oxygen atoms in total. The number of hydrogen-bond acceptors (Lipinski definition) is 3. The van der Waals surface area contributed by atoms with Gasteiger partial charge in [0.15, 0.2) is 0 Å². The van der Waals surface area contributed by atoms with E-state index < -0.39 is 6.10 Å². The predicted octanol–water partition coefficient (Wildman–Crippen LogP) is 1.81. The molecule has 0 fully saturated rings. The van der Waals surface area contributed by atoms with Crippen molar-refractivity contribution in [1.29, 1.82) is 0 Å². The second kappa shape index (κ2) is 7.25. The third-order valence-electron chi connectivity index (χ3n) is 2.50. The standard InChI is InChI=1S/C13H21NO2/c1-3-11(2)14-9-12(15)10-16-13-7-5-4-6-8-13/h4-8,11-12,14-15H,3,9-10H2,1-2H3. The summed E-state index contributed by atoms with van der Waals surface area (Å²) in [5.41, 5.74) is 0. The van der Waals surface area contributed by atoms with Crippen molar-refractivity contribution in [2.75, 3.05) is 13.2 Å². The van der Waals surface area contributed by atoms with Crippen LogP contribution in [-0.4, -0.2) is 30.4 Å². The fourth-order valence-electron chi connectivity index (χ4n) is 1.25. The van der Waals surface area contributed by atoms with E-state index in [0.29, 0.717) is 19.2 Å². The van der Waals surface area contributed by atoms with Gasteiger partial charge in [-0.25, -0.2) is 0 Å². The summed E-state index contributed by atoms with van der Waals surface area (Å²) >= 11 is 0. The maximum absolute atomic E-state index is 9.67. The van der Waals surface area contributed by atoms with E-state index in [1.807, 2.05) is 30.3 Å². The highest BCUT2D eigenvalue weighted by molar-refractivity contribution is 5.20. The van der Waals surface area contributed by atoms with Gasteiger partial charge in [-0.3, -0.25) is 0 Å². The van der Waals surface area contributed by atoms with Crippen molar-refractivity contribution in [1.82, 2.24) is 5.32 Å². The van der Waals surface area contributed by atoms with E-state index in [2.05, 4.69) is 19.2 Å². The van der Waals surface area contributed by atoms with Gasteiger partial charge in [-0.1, -0.05) is 25.1 Å². The smallest absolute Gasteiger partial charge is 0.119 e. The highest BCUT2D eigenvalue weighted by Gasteiger charge is 2.06. The molecule has 0 aromatic heterocycles. The summed E-state index contributed by atoms with van der Waals surface area (Å²) in [6.45, 7) is 5.12. The van der Waals surface area contributed by atoms with Gasteiger partial charge in [-0.2, -0.15) is 0 Å². The molecule has 3 heteroatoms. The molecule has 1 aromatic rings. The third kappa shape index (κ3) is 5.14. The zero-order valence-electron chi connectivity index (χ0n) is 10.0. The molecule has 0 aliphatic heterocycles. The molecular weight excluding hydrogens is 202 g/mol. The molecule has 0 radical (unpaired) electrons. The van der Waals surface area contributed by atoms with Crippen LogP contribution >= 0.6 is 0 Å². The van der Waals surface area contributed by atoms with Crippen LogP contribution < -0.4 is 10.1 Å². The molecule has 16 heavy (non-hydrogen) atoms. The van der Waals surface area contributed by atoms with Gasteiger partial charge in [-0.05, 0) is 25.5 Å². The van der Waals surface area contributed by atoms with Crippen LogP contribution in [0, 0.1) is 0 Å². The summed E-state index contributed by atoms with van der Waals surface area (Å²) in [5, 5.41) is 12.9. The maximum Gasteiger partial charge on any atom is 0.119 e. The number of hydrogen-bond donors (Lipinski definition) is 2. The van der Waals surface area contributed by atoms with Crippen molar-refractivity contribution < 1.29 is 9.84 Å². The van der Waals surface area contributed by atoms with Gasteiger partial charge in [-0.15, -0.1) is 0 Å². The van der Waals surface area contributed by atoms with E-state index in [1.165, 1.54) is 0 Å². The van der Waals surface area contributed by atoms with Crippen LogP contribution in [0.15, 0.2) is 30.3 Å². The Morgan fingerprint density at radius 1 is 1.31 bits per heavy atom. The van der Waals surface area contributed by atoms with Crippen LogP contribution in [0.3, 0.4) is 0 Å². The van der Waals surface area contributed by atoms with E-state index in [9.17, 15) is 5.11 Å². The first kappa shape index (κ1) is 13.0. The maximum atomic E-state index is 9.67. The van der Waals surface area contributed by atoms with Gasteiger partial charge in [0.05, 0.1) is 0 Å². The Morgan fingerprint density at radius 2 is 2.00 bits per heavy atom. The predicted molar refractivity (Wildman–Crippen MR) is 65.7 cm³/mol. The summed E-state index contributed by atoms with van der Waals surface area (Å²) in [6, 6.07) is 9.97. The SMILES string of the molecule is CCC(C)NCC(O)COc1ccccc1. The Hall–Kier alpha value is -1.06. The third-order valence-corrected chi connectivity index (χ3v) is 2.50. The van der Waals surface area contributed by atoms with E-state index >= 15 is 0 Å². The van der Waals surface area contributed by atoms with Crippen LogP contribution in [0.2, 0.25) is 0 Å². The highest BCUT2D eigenvalue weighted by atomic mass is 16.5. The molecule has 0 saturated carbocycles. The lowest BCUT2D eigenvalue weighted by Crippen LogP contribution is -2.36. The summed E-state index contributed by atoms with van der Waals surface area (Å²) in [5.74, 6) is 0.796. The normalized spacial score (nSPS) is 14.4. The lowest BCUT2D eigenvalue weighted by Gasteiger charge is -2.16. The molecule has 0 saturated heterocycles. The van der Waals surface area contributed by atoms with Crippen LogP contribution in [0.1, 0.15) is 20.3 Å². The lowest BCUT2D eigenvalue weighted by atomic mass is 10.2. The van der Waals surface area contributed by atoms with E-state index in [-0.39, 0.29) is 0 Å². The van der Waals surface area contributed by atoms with Gasteiger partial charge in [0.25, 0.3) is 0 Å². The molecule has 0 amide bonds. The number of aliphatic hydroxyl groups is 1. The quantitative estimate of drug-likeness (QED) is 0.741. The Morgan fingerprint density at radius 3 is 2.62 bits per heavy atom. The van der Waals surface area contributed by atoms with Crippen LogP contribution in [-0.2, 0) is 0 Å². The Labute approximate surface area is 97.4 Å². The number of aliphatic hydroxyl groups excluding tert-OH is 1. The molecule has 2 unspecified atom stereocenters. The monoisotopic (exact) mass is 223 g/mol. The van der Waals surface area contributed by atoms with Gasteiger partial charge in [0.1, 0.15) is 18.5 Å². The fraction of sp³-hybridized carbons (Fsp3) is 0.538. The van der Waals surface area contributed by atoms with Crippen molar-refractivity contribution >= 4 is 0 Å². The minimum absolute atomic E-state index is 0.327. The van der Waals surface area contributed by atoms with Crippen LogP contribution in [0.25, 0.3) is 0 Å². The Balaban J connectivity index is 2.18. The van der Waals surface area contributed by atoms with Crippen molar-refractivity contribution in [2.24, 2.45) is 0 Å². The molecule has 0 bridgehead atoms. The van der Waals surface area contributed by atoms with Crippen LogP contribution in [0.4, 0.5) is 0 Å². The van der Waals surface area contributed by atoms with Crippen molar-refractivity contribution in [2.45, 2.75) is 32.4 Å². The summed E-state index contributed by atoms with van der Waals surface area (Å²) in [7, 11) is 0. The Kier molecular flexibility index (Phi) is 5.90. The average molecular weight is 223 g/mol.